The van der Waals surface area contributed by atoms with Crippen molar-refractivity contribution in [2.45, 2.75) is 6.92 Å². The minimum absolute atomic E-state index is 0.0818. The normalized spacial score (nSPS) is 9.88. The number of hydrogen-bond donors (Lipinski definition) is 1. The Hall–Kier alpha value is -1.69. The Kier molecular flexibility index (Phi) is 3.78. The molecule has 0 bridgehead atoms. The molecule has 0 saturated heterocycles. The van der Waals surface area contributed by atoms with Crippen LogP contribution in [0.15, 0.2) is 12.1 Å². The first kappa shape index (κ1) is 12.4. The van der Waals surface area contributed by atoms with Crippen molar-refractivity contribution in [2.24, 2.45) is 5.73 Å². The van der Waals surface area contributed by atoms with E-state index in [-0.39, 0.29) is 18.2 Å². The van der Waals surface area contributed by atoms with Gasteiger partial charge in [-0.2, -0.15) is 0 Å². The fraction of sp³-hybridized carbons (Fsp3) is 0.300. The fourth-order valence-corrected chi connectivity index (χ4v) is 2.03. The fourth-order valence-electron chi connectivity index (χ4n) is 1.14. The van der Waals surface area contributed by atoms with E-state index in [9.17, 15) is 14.4 Å². The first-order valence-electron chi connectivity index (χ1n) is 4.56. The quantitative estimate of drug-likeness (QED) is 0.778. The van der Waals surface area contributed by atoms with Gasteiger partial charge in [0, 0.05) is 7.05 Å². The van der Waals surface area contributed by atoms with Gasteiger partial charge in [-0.25, -0.2) is 0 Å². The van der Waals surface area contributed by atoms with Crippen LogP contribution >= 0.6 is 11.3 Å². The minimum Gasteiger partial charge on any atom is -0.368 e. The number of primary amides is 1. The van der Waals surface area contributed by atoms with E-state index in [0.717, 1.165) is 11.3 Å². The van der Waals surface area contributed by atoms with Gasteiger partial charge in [0.05, 0.1) is 16.3 Å². The standard InChI is InChI=1S/C10H12N2O3S/c1-6(13)7-3-4-8(16-7)10(15)12(2)5-9(11)14/h3-4H,5H2,1-2H3,(H2,11,14). The zero-order valence-corrected chi connectivity index (χ0v) is 9.84. The van der Waals surface area contributed by atoms with Gasteiger partial charge in [-0.05, 0) is 19.1 Å². The summed E-state index contributed by atoms with van der Waals surface area (Å²) in [7, 11) is 1.49. The van der Waals surface area contributed by atoms with Crippen LogP contribution in [-0.4, -0.2) is 36.1 Å². The summed E-state index contributed by atoms with van der Waals surface area (Å²) in [5, 5.41) is 0. The molecule has 0 aliphatic rings. The molecule has 0 atom stereocenters. The number of carbonyl (C=O) groups is 3. The Morgan fingerprint density at radius 2 is 1.88 bits per heavy atom. The third kappa shape index (κ3) is 2.90. The zero-order valence-electron chi connectivity index (χ0n) is 9.02. The minimum atomic E-state index is -0.570. The molecule has 0 aromatic carbocycles. The van der Waals surface area contributed by atoms with Crippen LogP contribution in [0.5, 0.6) is 0 Å². The van der Waals surface area contributed by atoms with Crippen LogP contribution in [0.25, 0.3) is 0 Å². The lowest BCUT2D eigenvalue weighted by Crippen LogP contribution is -2.34. The van der Waals surface area contributed by atoms with Gasteiger partial charge in [-0.15, -0.1) is 11.3 Å². The summed E-state index contributed by atoms with van der Waals surface area (Å²) in [4.78, 5) is 35.6. The first-order valence-corrected chi connectivity index (χ1v) is 5.38. The summed E-state index contributed by atoms with van der Waals surface area (Å²) in [6.45, 7) is 1.30. The predicted octanol–water partition coefficient (Wildman–Crippen LogP) is 0.508. The summed E-state index contributed by atoms with van der Waals surface area (Å²) in [6, 6.07) is 3.17. The van der Waals surface area contributed by atoms with Gasteiger partial charge in [0.25, 0.3) is 5.91 Å². The van der Waals surface area contributed by atoms with E-state index in [0.29, 0.717) is 9.75 Å². The molecule has 16 heavy (non-hydrogen) atoms. The van der Waals surface area contributed by atoms with Crippen molar-refractivity contribution >= 4 is 28.9 Å². The second-order valence-electron chi connectivity index (χ2n) is 3.35. The molecule has 2 N–H and O–H groups in total. The maximum atomic E-state index is 11.7. The van der Waals surface area contributed by atoms with Gasteiger partial charge in [0.2, 0.25) is 5.91 Å². The molecule has 5 nitrogen and oxygen atoms in total. The first-order chi connectivity index (χ1) is 7.41. The number of rotatable bonds is 4. The molecule has 0 radical (unpaired) electrons. The molecular weight excluding hydrogens is 228 g/mol. The molecule has 0 saturated carbocycles. The van der Waals surface area contributed by atoms with Crippen molar-refractivity contribution in [1.29, 1.82) is 0 Å². The zero-order chi connectivity index (χ0) is 12.3. The molecule has 1 rings (SSSR count). The summed E-state index contributed by atoms with van der Waals surface area (Å²) in [5.41, 5.74) is 4.98. The highest BCUT2D eigenvalue weighted by Crippen LogP contribution is 2.18. The monoisotopic (exact) mass is 240 g/mol. The van der Waals surface area contributed by atoms with E-state index < -0.39 is 5.91 Å². The smallest absolute Gasteiger partial charge is 0.264 e. The number of carbonyl (C=O) groups excluding carboxylic acids is 3. The summed E-state index contributed by atoms with van der Waals surface area (Å²) in [6.07, 6.45) is 0. The molecule has 0 unspecified atom stereocenters. The molecular formula is C10H12N2O3S. The third-order valence-electron chi connectivity index (χ3n) is 1.90. The van der Waals surface area contributed by atoms with E-state index in [1.54, 1.807) is 12.1 Å². The maximum absolute atomic E-state index is 11.7. The molecule has 0 fully saturated rings. The average Bonchev–Trinajstić information content (AvgIpc) is 2.64. The van der Waals surface area contributed by atoms with Crippen molar-refractivity contribution in [3.8, 4) is 0 Å². The van der Waals surface area contributed by atoms with Crippen LogP contribution in [0.2, 0.25) is 0 Å². The predicted molar refractivity (Wildman–Crippen MR) is 60.5 cm³/mol. The van der Waals surface area contributed by atoms with Crippen LogP contribution in [0.1, 0.15) is 26.3 Å². The average molecular weight is 240 g/mol. The van der Waals surface area contributed by atoms with E-state index in [2.05, 4.69) is 0 Å². The maximum Gasteiger partial charge on any atom is 0.264 e. The topological polar surface area (TPSA) is 80.5 Å². The van der Waals surface area contributed by atoms with Crippen LogP contribution in [-0.2, 0) is 4.79 Å². The molecule has 1 aromatic heterocycles. The number of hydrogen-bond acceptors (Lipinski definition) is 4. The molecule has 2 amide bonds. The van der Waals surface area contributed by atoms with Gasteiger partial charge in [0.15, 0.2) is 5.78 Å². The Morgan fingerprint density at radius 3 is 2.31 bits per heavy atom. The van der Waals surface area contributed by atoms with E-state index in [1.807, 2.05) is 0 Å². The Balaban J connectivity index is 2.80. The highest BCUT2D eigenvalue weighted by Gasteiger charge is 2.16. The number of nitrogens with two attached hydrogens (primary N) is 1. The van der Waals surface area contributed by atoms with Gasteiger partial charge in [-0.3, -0.25) is 14.4 Å². The van der Waals surface area contributed by atoms with E-state index >= 15 is 0 Å². The SMILES string of the molecule is CC(=O)c1ccc(C(=O)N(C)CC(N)=O)s1. The molecule has 0 aliphatic heterocycles. The lowest BCUT2D eigenvalue weighted by atomic mass is 10.3. The largest absolute Gasteiger partial charge is 0.368 e. The van der Waals surface area contributed by atoms with Gasteiger partial charge >= 0.3 is 0 Å². The van der Waals surface area contributed by atoms with Crippen molar-refractivity contribution < 1.29 is 14.4 Å². The van der Waals surface area contributed by atoms with Gasteiger partial charge < -0.3 is 10.6 Å². The molecule has 6 heteroatoms. The second-order valence-corrected chi connectivity index (χ2v) is 4.43. The molecule has 1 aromatic rings. The molecule has 1 heterocycles. The molecule has 0 spiro atoms. The van der Waals surface area contributed by atoms with E-state index in [1.165, 1.54) is 18.9 Å². The highest BCUT2D eigenvalue weighted by molar-refractivity contribution is 7.15. The molecule has 86 valence electrons. The van der Waals surface area contributed by atoms with E-state index in [4.69, 9.17) is 5.73 Å². The van der Waals surface area contributed by atoms with Gasteiger partial charge in [-0.1, -0.05) is 0 Å². The number of thiophene rings is 1. The number of amides is 2. The van der Waals surface area contributed by atoms with Gasteiger partial charge in [0.1, 0.15) is 0 Å². The van der Waals surface area contributed by atoms with Crippen LogP contribution in [0.3, 0.4) is 0 Å². The number of ketones is 1. The van der Waals surface area contributed by atoms with Crippen molar-refractivity contribution in [2.75, 3.05) is 13.6 Å². The number of likely N-dealkylation sites (N-methyl/N-ethyl adjacent to an activating group) is 1. The van der Waals surface area contributed by atoms with Crippen LogP contribution in [0, 0.1) is 0 Å². The van der Waals surface area contributed by atoms with Crippen molar-refractivity contribution in [3.05, 3.63) is 21.9 Å². The summed E-state index contributed by atoms with van der Waals surface area (Å²) < 4.78 is 0. The number of Topliss-reactive ketones (excluding diaryl/α,β-unsaturated/α-hetero) is 1. The lowest BCUT2D eigenvalue weighted by Gasteiger charge is -2.13. The molecule has 0 aliphatic carbocycles. The Labute approximate surface area is 96.8 Å². The summed E-state index contributed by atoms with van der Waals surface area (Å²) in [5.74, 6) is -0.961. The van der Waals surface area contributed by atoms with Crippen molar-refractivity contribution in [3.63, 3.8) is 0 Å². The third-order valence-corrected chi connectivity index (χ3v) is 3.08. The van der Waals surface area contributed by atoms with Crippen LogP contribution < -0.4 is 5.73 Å². The summed E-state index contributed by atoms with van der Waals surface area (Å²) >= 11 is 1.11. The highest BCUT2D eigenvalue weighted by atomic mass is 32.1. The van der Waals surface area contributed by atoms with Crippen LogP contribution in [0.4, 0.5) is 0 Å². The lowest BCUT2D eigenvalue weighted by molar-refractivity contribution is -0.118. The Bertz CT molecular complexity index is 439. The second kappa shape index (κ2) is 4.89. The number of nitrogens with zero attached hydrogens (tertiary/aromatic N) is 1. The Morgan fingerprint density at radius 1 is 1.31 bits per heavy atom. The van der Waals surface area contributed by atoms with Crippen molar-refractivity contribution in [1.82, 2.24) is 4.90 Å².